The summed E-state index contributed by atoms with van der Waals surface area (Å²) < 4.78 is 0. The van der Waals surface area contributed by atoms with E-state index in [9.17, 15) is 4.79 Å². The van der Waals surface area contributed by atoms with Crippen LogP contribution in [0.25, 0.3) is 0 Å². The molecule has 2 N–H and O–H groups in total. The Morgan fingerprint density at radius 2 is 2.07 bits per heavy atom. The number of hydrogen-bond acceptors (Lipinski definition) is 2. The van der Waals surface area contributed by atoms with Crippen molar-refractivity contribution >= 4 is 5.91 Å². The third-order valence-electron chi connectivity index (χ3n) is 3.49. The summed E-state index contributed by atoms with van der Waals surface area (Å²) in [5, 5.41) is 6.41. The topological polar surface area (TPSA) is 41.1 Å². The highest BCUT2D eigenvalue weighted by Gasteiger charge is 2.36. The molecule has 0 aromatic rings. The fourth-order valence-corrected chi connectivity index (χ4v) is 2.20. The second kappa shape index (κ2) is 3.89. The number of hydrogen-bond donors (Lipinski definition) is 2. The number of piperidine rings is 1. The van der Waals surface area contributed by atoms with Crippen molar-refractivity contribution in [2.24, 2.45) is 11.8 Å². The summed E-state index contributed by atoms with van der Waals surface area (Å²) in [5.41, 5.74) is 0. The van der Waals surface area contributed by atoms with Crippen LogP contribution in [0, 0.1) is 11.8 Å². The Morgan fingerprint density at radius 3 is 2.64 bits per heavy atom. The molecular formula is C11H20N2O. The van der Waals surface area contributed by atoms with E-state index in [-0.39, 0.29) is 11.9 Å². The molecule has 1 aliphatic carbocycles. The van der Waals surface area contributed by atoms with Crippen molar-refractivity contribution in [1.82, 2.24) is 10.6 Å². The standard InChI is InChI=1S/C11H20N2O/c1-7-4-3-5-12-10(7)11(14)13-9-6-8(9)2/h7-10,12H,3-6H2,1-2H3,(H,13,14). The van der Waals surface area contributed by atoms with Crippen LogP contribution in [0.3, 0.4) is 0 Å². The quantitative estimate of drug-likeness (QED) is 0.689. The molecule has 1 heterocycles. The molecule has 14 heavy (non-hydrogen) atoms. The molecule has 0 spiro atoms. The third kappa shape index (κ3) is 2.08. The van der Waals surface area contributed by atoms with Crippen LogP contribution in [-0.2, 0) is 4.79 Å². The third-order valence-corrected chi connectivity index (χ3v) is 3.49. The highest BCUT2D eigenvalue weighted by molar-refractivity contribution is 5.82. The maximum atomic E-state index is 11.8. The van der Waals surface area contributed by atoms with E-state index < -0.39 is 0 Å². The largest absolute Gasteiger partial charge is 0.352 e. The van der Waals surface area contributed by atoms with Gasteiger partial charge < -0.3 is 10.6 Å². The molecule has 80 valence electrons. The van der Waals surface area contributed by atoms with Gasteiger partial charge in [0, 0.05) is 6.04 Å². The zero-order valence-electron chi connectivity index (χ0n) is 9.05. The smallest absolute Gasteiger partial charge is 0.237 e. The number of carbonyl (C=O) groups is 1. The first-order chi connectivity index (χ1) is 6.68. The van der Waals surface area contributed by atoms with Crippen molar-refractivity contribution in [3.63, 3.8) is 0 Å². The van der Waals surface area contributed by atoms with Crippen molar-refractivity contribution in [2.45, 2.75) is 45.2 Å². The highest BCUT2D eigenvalue weighted by atomic mass is 16.2. The first kappa shape index (κ1) is 9.97. The number of rotatable bonds is 2. The van der Waals surface area contributed by atoms with Crippen molar-refractivity contribution in [3.05, 3.63) is 0 Å². The van der Waals surface area contributed by atoms with Gasteiger partial charge in [-0.05, 0) is 37.6 Å². The van der Waals surface area contributed by atoms with Gasteiger partial charge in [0.2, 0.25) is 5.91 Å². The summed E-state index contributed by atoms with van der Waals surface area (Å²) in [4.78, 5) is 11.8. The predicted octanol–water partition coefficient (Wildman–Crippen LogP) is 0.899. The van der Waals surface area contributed by atoms with E-state index in [2.05, 4.69) is 24.5 Å². The molecule has 0 aromatic carbocycles. The van der Waals surface area contributed by atoms with Gasteiger partial charge in [0.1, 0.15) is 0 Å². The molecule has 1 saturated heterocycles. The molecule has 3 heteroatoms. The lowest BCUT2D eigenvalue weighted by molar-refractivity contribution is -0.125. The first-order valence-electron chi connectivity index (χ1n) is 5.72. The van der Waals surface area contributed by atoms with Crippen molar-refractivity contribution < 1.29 is 4.79 Å². The van der Waals surface area contributed by atoms with E-state index in [0.717, 1.165) is 13.0 Å². The summed E-state index contributed by atoms with van der Waals surface area (Å²) in [7, 11) is 0. The number of amides is 1. The Labute approximate surface area is 85.6 Å². The molecule has 1 aliphatic heterocycles. The lowest BCUT2D eigenvalue weighted by Crippen LogP contribution is -2.51. The van der Waals surface area contributed by atoms with E-state index in [0.29, 0.717) is 17.9 Å². The van der Waals surface area contributed by atoms with Crippen LogP contribution in [0.15, 0.2) is 0 Å². The van der Waals surface area contributed by atoms with Gasteiger partial charge in [0.15, 0.2) is 0 Å². The molecule has 0 bridgehead atoms. The van der Waals surface area contributed by atoms with Gasteiger partial charge in [0.25, 0.3) is 0 Å². The minimum absolute atomic E-state index is 0.0524. The van der Waals surface area contributed by atoms with Crippen molar-refractivity contribution in [3.8, 4) is 0 Å². The van der Waals surface area contributed by atoms with Crippen LogP contribution in [0.2, 0.25) is 0 Å². The molecule has 2 rings (SSSR count). The molecular weight excluding hydrogens is 176 g/mol. The van der Waals surface area contributed by atoms with E-state index in [1.54, 1.807) is 0 Å². The normalized spacial score (nSPS) is 41.9. The molecule has 2 aliphatic rings. The van der Waals surface area contributed by atoms with Crippen LogP contribution < -0.4 is 10.6 Å². The van der Waals surface area contributed by atoms with E-state index in [4.69, 9.17) is 0 Å². The Hall–Kier alpha value is -0.570. The first-order valence-corrected chi connectivity index (χ1v) is 5.72. The molecule has 1 saturated carbocycles. The van der Waals surface area contributed by atoms with Gasteiger partial charge in [0.05, 0.1) is 6.04 Å². The lowest BCUT2D eigenvalue weighted by Gasteiger charge is -2.29. The molecule has 1 amide bonds. The SMILES string of the molecule is CC1CC1NC(=O)C1NCCCC1C. The van der Waals surface area contributed by atoms with Gasteiger partial charge in [-0.1, -0.05) is 13.8 Å². The summed E-state index contributed by atoms with van der Waals surface area (Å²) in [6.45, 7) is 5.33. The monoisotopic (exact) mass is 196 g/mol. The second-order valence-corrected chi connectivity index (χ2v) is 4.88. The molecule has 0 radical (unpaired) electrons. The predicted molar refractivity (Wildman–Crippen MR) is 55.9 cm³/mol. The number of carbonyl (C=O) groups excluding carboxylic acids is 1. The van der Waals surface area contributed by atoms with E-state index >= 15 is 0 Å². The average Bonchev–Trinajstić information content (AvgIpc) is 2.82. The van der Waals surface area contributed by atoms with Gasteiger partial charge in [-0.25, -0.2) is 0 Å². The second-order valence-electron chi connectivity index (χ2n) is 4.88. The fourth-order valence-electron chi connectivity index (χ4n) is 2.20. The zero-order valence-corrected chi connectivity index (χ0v) is 9.05. The Bertz CT molecular complexity index is 229. The molecule has 4 atom stereocenters. The Balaban J connectivity index is 1.83. The molecule has 0 aromatic heterocycles. The Kier molecular flexibility index (Phi) is 2.77. The summed E-state index contributed by atoms with van der Waals surface area (Å²) in [6, 6.07) is 0.509. The van der Waals surface area contributed by atoms with Crippen LogP contribution in [0.5, 0.6) is 0 Å². The van der Waals surface area contributed by atoms with Crippen molar-refractivity contribution in [1.29, 1.82) is 0 Å². The van der Waals surface area contributed by atoms with Crippen LogP contribution in [0.1, 0.15) is 33.1 Å². The van der Waals surface area contributed by atoms with Gasteiger partial charge in [-0.2, -0.15) is 0 Å². The highest BCUT2D eigenvalue weighted by Crippen LogP contribution is 2.29. The lowest BCUT2D eigenvalue weighted by atomic mass is 9.92. The maximum Gasteiger partial charge on any atom is 0.237 e. The summed E-state index contributed by atoms with van der Waals surface area (Å²) >= 11 is 0. The van der Waals surface area contributed by atoms with Gasteiger partial charge in [-0.3, -0.25) is 4.79 Å². The average molecular weight is 196 g/mol. The van der Waals surface area contributed by atoms with Gasteiger partial charge >= 0.3 is 0 Å². The van der Waals surface area contributed by atoms with E-state index in [1.807, 2.05) is 0 Å². The minimum Gasteiger partial charge on any atom is -0.352 e. The van der Waals surface area contributed by atoms with Crippen LogP contribution >= 0.6 is 0 Å². The molecule has 4 unspecified atom stereocenters. The van der Waals surface area contributed by atoms with Crippen LogP contribution in [0.4, 0.5) is 0 Å². The molecule has 3 nitrogen and oxygen atoms in total. The maximum absolute atomic E-state index is 11.8. The molecule has 2 fully saturated rings. The van der Waals surface area contributed by atoms with Crippen LogP contribution in [-0.4, -0.2) is 24.5 Å². The van der Waals surface area contributed by atoms with E-state index in [1.165, 1.54) is 12.8 Å². The number of nitrogens with one attached hydrogen (secondary N) is 2. The fraction of sp³-hybridized carbons (Fsp3) is 0.909. The summed E-state index contributed by atoms with van der Waals surface area (Å²) in [5.74, 6) is 1.39. The van der Waals surface area contributed by atoms with Gasteiger partial charge in [-0.15, -0.1) is 0 Å². The zero-order chi connectivity index (χ0) is 10.1. The minimum atomic E-state index is 0.0524. The summed E-state index contributed by atoms with van der Waals surface area (Å²) in [6.07, 6.45) is 3.53. The van der Waals surface area contributed by atoms with Crippen molar-refractivity contribution in [2.75, 3.05) is 6.54 Å². The Morgan fingerprint density at radius 1 is 1.36 bits per heavy atom.